The van der Waals surface area contributed by atoms with Crippen molar-refractivity contribution in [3.05, 3.63) is 52.0 Å². The van der Waals surface area contributed by atoms with Gasteiger partial charge < -0.3 is 42.8 Å². The summed E-state index contributed by atoms with van der Waals surface area (Å²) < 4.78 is 50.6. The molecule has 62 heavy (non-hydrogen) atoms. The zero-order valence-corrected chi connectivity index (χ0v) is 39.3. The van der Waals surface area contributed by atoms with Gasteiger partial charge in [-0.25, -0.2) is 4.98 Å². The van der Waals surface area contributed by atoms with Crippen LogP contribution < -0.4 is 0 Å². The number of nitrogens with zero attached hydrogens (tertiary/aromatic N) is 2. The van der Waals surface area contributed by atoms with Gasteiger partial charge in [0.15, 0.2) is 18.4 Å². The summed E-state index contributed by atoms with van der Waals surface area (Å²) >= 11 is 1.72. The minimum absolute atomic E-state index is 0.00170. The van der Waals surface area contributed by atoms with E-state index in [-0.39, 0.29) is 96.8 Å². The lowest BCUT2D eigenvalue weighted by Gasteiger charge is -2.44. The Morgan fingerprint density at radius 3 is 2.35 bits per heavy atom. The van der Waals surface area contributed by atoms with Crippen LogP contribution in [0.1, 0.15) is 113 Å². The molecule has 3 saturated heterocycles. The van der Waals surface area contributed by atoms with Gasteiger partial charge in [-0.2, -0.15) is 0 Å². The van der Waals surface area contributed by atoms with Gasteiger partial charge >= 0.3 is 5.97 Å². The predicted octanol–water partition coefficient (Wildman–Crippen LogP) is 8.00. The summed E-state index contributed by atoms with van der Waals surface area (Å²) in [4.78, 5) is 38.2. The Morgan fingerprint density at radius 2 is 1.66 bits per heavy atom. The molecule has 4 heterocycles. The summed E-state index contributed by atoms with van der Waals surface area (Å²) in [7, 11) is 9.17. The molecule has 0 amide bonds. The zero-order valence-electron chi connectivity index (χ0n) is 38.5. The number of hydrogen-bond acceptors (Lipinski definition) is 13. The van der Waals surface area contributed by atoms with E-state index in [0.29, 0.717) is 12.5 Å². The number of ketones is 1. The first-order chi connectivity index (χ1) is 29.8. The molecular formula is C49H70N2O10S. The number of esters is 1. The van der Waals surface area contributed by atoms with Crippen LogP contribution in [0, 0.1) is 30.6 Å². The number of fused-ring (bicyclic) bond motifs is 8. The van der Waals surface area contributed by atoms with Crippen molar-refractivity contribution < 1.29 is 47.5 Å². The molecule has 4 fully saturated rings. The van der Waals surface area contributed by atoms with Gasteiger partial charge in [-0.3, -0.25) is 9.59 Å². The third-order valence-corrected chi connectivity index (χ3v) is 16.4. The summed E-state index contributed by atoms with van der Waals surface area (Å²) in [6, 6.07) is 8.81. The molecule has 2 aromatic rings. The Morgan fingerprint density at radius 1 is 0.887 bits per heavy atom. The highest BCUT2D eigenvalue weighted by Gasteiger charge is 2.57. The molecule has 4 unspecified atom stereocenters. The maximum absolute atomic E-state index is 15.2. The fourth-order valence-electron chi connectivity index (χ4n) is 12.0. The Hall–Kier alpha value is -2.59. The number of cyclic esters (lactones) is 1. The van der Waals surface area contributed by atoms with Gasteiger partial charge in [0.1, 0.15) is 29.4 Å². The molecule has 0 bridgehead atoms. The smallest absolute Gasteiger partial charge is 0.306 e. The van der Waals surface area contributed by atoms with Crippen LogP contribution in [-0.2, 0) is 47.5 Å². The Balaban J connectivity index is 1.14. The first-order valence-electron chi connectivity index (χ1n) is 23.2. The monoisotopic (exact) mass is 878 g/mol. The quantitative estimate of drug-likeness (QED) is 0.215. The van der Waals surface area contributed by atoms with Crippen LogP contribution >= 0.6 is 11.3 Å². The molecule has 3 aliphatic heterocycles. The van der Waals surface area contributed by atoms with E-state index in [1.54, 1.807) is 32.7 Å². The zero-order chi connectivity index (χ0) is 44.0. The fourth-order valence-corrected chi connectivity index (χ4v) is 13.3. The second-order valence-corrected chi connectivity index (χ2v) is 20.2. The number of rotatable bonds is 10. The predicted molar refractivity (Wildman–Crippen MR) is 236 cm³/mol. The second-order valence-electron chi connectivity index (χ2n) is 19.1. The molecule has 3 aliphatic carbocycles. The Labute approximate surface area is 372 Å². The van der Waals surface area contributed by atoms with Gasteiger partial charge in [0, 0.05) is 61.5 Å². The van der Waals surface area contributed by atoms with Gasteiger partial charge in [0.25, 0.3) is 0 Å². The van der Waals surface area contributed by atoms with Crippen LogP contribution in [0.3, 0.4) is 0 Å². The Bertz CT molecular complexity index is 1920. The molecule has 8 rings (SSSR count). The van der Waals surface area contributed by atoms with Crippen molar-refractivity contribution in [2.45, 2.75) is 172 Å². The van der Waals surface area contributed by atoms with Crippen molar-refractivity contribution in [3.63, 3.8) is 0 Å². The van der Waals surface area contributed by atoms with Crippen LogP contribution in [0.25, 0.3) is 10.6 Å². The van der Waals surface area contributed by atoms with E-state index in [4.69, 9.17) is 42.9 Å². The van der Waals surface area contributed by atoms with Crippen LogP contribution in [-0.4, -0.2) is 125 Å². The highest BCUT2D eigenvalue weighted by molar-refractivity contribution is 7.15. The molecule has 342 valence electrons. The number of likely N-dealkylation sites (N-methyl/N-ethyl adjacent to an activating group) is 1. The molecule has 12 nitrogen and oxygen atoms in total. The number of carbonyl (C=O) groups is 2. The van der Waals surface area contributed by atoms with Crippen molar-refractivity contribution in [2.75, 3.05) is 35.4 Å². The highest BCUT2D eigenvalue weighted by Crippen LogP contribution is 2.63. The average Bonchev–Trinajstić information content (AvgIpc) is 3.97. The first kappa shape index (κ1) is 46.0. The van der Waals surface area contributed by atoms with E-state index in [9.17, 15) is 4.79 Å². The summed E-state index contributed by atoms with van der Waals surface area (Å²) in [5.74, 6) is -0.846. The summed E-state index contributed by atoms with van der Waals surface area (Å²) in [5, 5.41) is 0.960. The third kappa shape index (κ3) is 9.01. The number of benzene rings is 1. The number of Topliss-reactive ketones (excluding diaryl/α,β-unsaturated/α-hetero) is 1. The normalized spacial score (nSPS) is 40.1. The maximum atomic E-state index is 15.2. The lowest BCUT2D eigenvalue weighted by molar-refractivity contribution is -0.314. The number of thiazole rings is 1. The summed E-state index contributed by atoms with van der Waals surface area (Å²) in [6.07, 6.45) is 5.37. The molecule has 6 aliphatic rings. The molecular weight excluding hydrogens is 809 g/mol. The van der Waals surface area contributed by atoms with E-state index in [2.05, 4.69) is 70.1 Å². The van der Waals surface area contributed by atoms with Crippen molar-refractivity contribution in [1.82, 2.24) is 9.88 Å². The SMILES string of the molecule is CC[C@H]1CCC[C@H](O[C@H]2CC[C@H](N(C)C)C(C)O2)[C@@H](C)C(=O)C2=C[C@H]3[C@@H]4C[C@H](O[C@@H]5OC(C)[C@H](OC)C(OC)C5OC)C[C@H]4c4nc(-c5cccc(C)c5)sc4[C@H]3[C@@H]2CC(=O)O1. The van der Waals surface area contributed by atoms with Crippen molar-refractivity contribution in [3.8, 4) is 10.6 Å². The van der Waals surface area contributed by atoms with Crippen molar-refractivity contribution in [1.29, 1.82) is 0 Å². The van der Waals surface area contributed by atoms with E-state index in [1.165, 1.54) is 10.4 Å². The summed E-state index contributed by atoms with van der Waals surface area (Å²) in [5.41, 5.74) is 4.04. The second kappa shape index (κ2) is 19.5. The fraction of sp³-hybridized carbons (Fsp3) is 0.735. The highest BCUT2D eigenvalue weighted by atomic mass is 32.1. The standard InChI is InChI=1S/C49H70N2O10S/c1-11-30-16-13-17-38(61-40-19-18-37(51(6)7)27(4)57-40)26(3)43(53)36-23-33-32-21-31(60-49-46(56-10)45(55-9)44(54-8)28(5)58-49)22-35(32)42-47(41(33)34(36)24-39(52)59-30)62-48(50-42)29-15-12-14-25(2)20-29/h12,14-15,20,23,26-28,30-35,37-38,40-41,44-46,49H,11,13,16-19,21-22,24H2,1-10H3/t26-,27?,28?,30+,31+,32+,33+,34-,35-,37+,38+,40+,41-,44+,45?,46?,49+/m1/s1. The number of ether oxygens (including phenoxy) is 8. The molecule has 0 spiro atoms. The van der Waals surface area contributed by atoms with Gasteiger partial charge in [-0.05, 0) is 110 Å². The van der Waals surface area contributed by atoms with Crippen molar-refractivity contribution >= 4 is 23.1 Å². The minimum Gasteiger partial charge on any atom is -0.462 e. The van der Waals surface area contributed by atoms with Crippen LogP contribution in [0.15, 0.2) is 35.9 Å². The molecule has 13 heteroatoms. The molecule has 1 saturated carbocycles. The lowest BCUT2D eigenvalue weighted by atomic mass is 9.67. The third-order valence-electron chi connectivity index (χ3n) is 15.2. The summed E-state index contributed by atoms with van der Waals surface area (Å²) in [6.45, 7) is 10.3. The lowest BCUT2D eigenvalue weighted by Crippen LogP contribution is -2.59. The maximum Gasteiger partial charge on any atom is 0.306 e. The number of aromatic nitrogens is 1. The molecule has 0 N–H and O–H groups in total. The van der Waals surface area contributed by atoms with Crippen molar-refractivity contribution in [2.24, 2.45) is 23.7 Å². The number of carbonyl (C=O) groups excluding carboxylic acids is 2. The molecule has 17 atom stereocenters. The molecule has 1 aromatic heterocycles. The topological polar surface area (TPSA) is 124 Å². The number of aryl methyl sites for hydroxylation is 1. The van der Waals surface area contributed by atoms with E-state index < -0.39 is 18.3 Å². The van der Waals surface area contributed by atoms with Crippen LogP contribution in [0.4, 0.5) is 0 Å². The van der Waals surface area contributed by atoms with E-state index in [1.807, 2.05) is 13.8 Å². The van der Waals surface area contributed by atoms with Gasteiger partial charge in [0.05, 0.1) is 36.5 Å². The minimum atomic E-state index is -0.660. The Kier molecular flexibility index (Phi) is 14.4. The number of allylic oxidation sites excluding steroid dienone is 2. The van der Waals surface area contributed by atoms with Gasteiger partial charge in [-0.1, -0.05) is 43.7 Å². The number of hydrogen-bond donors (Lipinski definition) is 0. The van der Waals surface area contributed by atoms with Gasteiger partial charge in [-0.15, -0.1) is 11.3 Å². The van der Waals surface area contributed by atoms with E-state index >= 15 is 4.79 Å². The van der Waals surface area contributed by atoms with Gasteiger partial charge in [0.2, 0.25) is 0 Å². The number of methoxy groups -OCH3 is 3. The van der Waals surface area contributed by atoms with Crippen LogP contribution in [0.5, 0.6) is 0 Å². The van der Waals surface area contributed by atoms with Crippen LogP contribution in [0.2, 0.25) is 0 Å². The largest absolute Gasteiger partial charge is 0.462 e. The molecule has 1 aromatic carbocycles. The average molecular weight is 879 g/mol. The van der Waals surface area contributed by atoms with E-state index in [0.717, 1.165) is 66.8 Å². The molecule has 0 radical (unpaired) electrons. The first-order valence-corrected chi connectivity index (χ1v) is 24.0.